The highest BCUT2D eigenvalue weighted by molar-refractivity contribution is 7.80. The number of hydrogen-bond acceptors (Lipinski definition) is 5. The smallest absolute Gasteiger partial charge is 0.407 e. The van der Waals surface area contributed by atoms with Gasteiger partial charge in [0.15, 0.2) is 5.11 Å². The number of amides is 2. The number of nitrogens with one attached hydrogen (secondary N) is 2. The first kappa shape index (κ1) is 26.8. The van der Waals surface area contributed by atoms with Crippen molar-refractivity contribution in [2.24, 2.45) is 4.99 Å². The number of thiocarbonyl (C=S) groups is 1. The Hall–Kier alpha value is -1.81. The summed E-state index contributed by atoms with van der Waals surface area (Å²) in [6, 6.07) is 12.6. The Morgan fingerprint density at radius 1 is 1.12 bits per heavy atom. The maximum Gasteiger partial charge on any atom is 0.407 e. The topological polar surface area (TPSA) is 83.0 Å². The van der Waals surface area contributed by atoms with Gasteiger partial charge >= 0.3 is 6.09 Å². The van der Waals surface area contributed by atoms with E-state index in [1.54, 1.807) is 29.2 Å². The van der Waals surface area contributed by atoms with Gasteiger partial charge in [-0.15, -0.1) is 0 Å². The summed E-state index contributed by atoms with van der Waals surface area (Å²) in [5, 5.41) is 6.02. The number of alkyl carbamates (subject to hydrolysis) is 1. The fourth-order valence-electron chi connectivity index (χ4n) is 3.08. The van der Waals surface area contributed by atoms with Crippen molar-refractivity contribution in [1.29, 1.82) is 0 Å². The lowest BCUT2D eigenvalue weighted by atomic mass is 10.00. The van der Waals surface area contributed by atoms with Crippen molar-refractivity contribution in [2.75, 3.05) is 31.1 Å². The molecule has 0 bridgehead atoms. The highest BCUT2D eigenvalue weighted by atomic mass is 35.6. The molecule has 1 aliphatic rings. The van der Waals surface area contributed by atoms with Crippen LogP contribution >= 0.6 is 70.2 Å². The molecule has 0 saturated heterocycles. The SMILES string of the molecule is O=C(CNC(=O)OCC(Cl)(Cl)Cl)NC(=S)N1CCN=C(c2ccccc2Cl)c2cc(Cl)ccc21. The first-order chi connectivity index (χ1) is 16.0. The summed E-state index contributed by atoms with van der Waals surface area (Å²) in [4.78, 5) is 30.4. The second-order valence-corrected chi connectivity index (χ2v) is 10.7. The molecule has 0 spiro atoms. The van der Waals surface area contributed by atoms with E-state index < -0.39 is 28.9 Å². The Morgan fingerprint density at radius 3 is 2.56 bits per heavy atom. The van der Waals surface area contributed by atoms with Crippen LogP contribution < -0.4 is 15.5 Å². The number of carbonyl (C=O) groups is 2. The van der Waals surface area contributed by atoms with E-state index in [-0.39, 0.29) is 5.11 Å². The summed E-state index contributed by atoms with van der Waals surface area (Å²) in [5.41, 5.74) is 2.82. The molecule has 2 aromatic rings. The summed E-state index contributed by atoms with van der Waals surface area (Å²) in [6.45, 7) is -0.100. The fraction of sp³-hybridized carbons (Fsp3) is 0.238. The van der Waals surface area contributed by atoms with Crippen molar-refractivity contribution in [3.8, 4) is 0 Å². The van der Waals surface area contributed by atoms with Crippen LogP contribution in [0.1, 0.15) is 11.1 Å². The molecule has 0 aliphatic carbocycles. The van der Waals surface area contributed by atoms with Gasteiger partial charge in [-0.1, -0.05) is 76.2 Å². The molecule has 7 nitrogen and oxygen atoms in total. The summed E-state index contributed by atoms with van der Waals surface area (Å²) in [6.07, 6.45) is -0.917. The Bertz CT molecular complexity index is 1140. The molecule has 0 atom stereocenters. The quantitative estimate of drug-likeness (QED) is 0.385. The summed E-state index contributed by atoms with van der Waals surface area (Å²) < 4.78 is 2.95. The van der Waals surface area contributed by atoms with E-state index in [1.807, 2.05) is 18.2 Å². The molecule has 180 valence electrons. The minimum absolute atomic E-state index is 0.126. The number of ether oxygens (including phenoxy) is 1. The minimum Gasteiger partial charge on any atom is -0.445 e. The summed E-state index contributed by atoms with van der Waals surface area (Å²) in [5.74, 6) is -0.567. The van der Waals surface area contributed by atoms with E-state index in [0.29, 0.717) is 40.1 Å². The molecule has 2 N–H and O–H groups in total. The minimum atomic E-state index is -1.75. The van der Waals surface area contributed by atoms with Crippen LogP contribution in [0.2, 0.25) is 10.0 Å². The van der Waals surface area contributed by atoms with Crippen LogP contribution in [-0.2, 0) is 9.53 Å². The largest absolute Gasteiger partial charge is 0.445 e. The third-order valence-electron chi connectivity index (χ3n) is 4.48. The van der Waals surface area contributed by atoms with Gasteiger partial charge in [0.1, 0.15) is 13.2 Å². The fourth-order valence-corrected chi connectivity index (χ4v) is 3.94. The number of aliphatic imine (C=N–C) groups is 1. The molecule has 1 aliphatic heterocycles. The van der Waals surface area contributed by atoms with Gasteiger partial charge in [-0.05, 0) is 36.5 Å². The van der Waals surface area contributed by atoms with Crippen LogP contribution in [0.25, 0.3) is 0 Å². The van der Waals surface area contributed by atoms with Crippen LogP contribution in [0.15, 0.2) is 47.5 Å². The number of alkyl halides is 3. The third-order valence-corrected chi connectivity index (χ3v) is 5.69. The van der Waals surface area contributed by atoms with Crippen LogP contribution in [0.5, 0.6) is 0 Å². The van der Waals surface area contributed by atoms with Crippen LogP contribution in [0.4, 0.5) is 10.5 Å². The maximum atomic E-state index is 12.3. The molecule has 3 rings (SSSR count). The molecule has 0 radical (unpaired) electrons. The zero-order valence-corrected chi connectivity index (χ0v) is 21.9. The Morgan fingerprint density at radius 2 is 1.85 bits per heavy atom. The van der Waals surface area contributed by atoms with Gasteiger partial charge < -0.3 is 20.3 Å². The lowest BCUT2D eigenvalue weighted by Gasteiger charge is -2.25. The number of hydrogen-bond donors (Lipinski definition) is 2. The second kappa shape index (κ2) is 11.7. The average Bonchev–Trinajstić information content (AvgIpc) is 2.95. The van der Waals surface area contributed by atoms with E-state index in [4.69, 9.17) is 80.0 Å². The zero-order valence-electron chi connectivity index (χ0n) is 17.3. The molecule has 2 aromatic carbocycles. The number of carbonyl (C=O) groups excluding carboxylic acids is 2. The van der Waals surface area contributed by atoms with Gasteiger partial charge in [0.05, 0.1) is 17.9 Å². The molecular formula is C21H17Cl5N4O3S. The number of anilines is 1. The predicted molar refractivity (Wildman–Crippen MR) is 141 cm³/mol. The van der Waals surface area contributed by atoms with Crippen molar-refractivity contribution < 1.29 is 14.3 Å². The maximum absolute atomic E-state index is 12.3. The van der Waals surface area contributed by atoms with E-state index in [1.165, 1.54) is 0 Å². The van der Waals surface area contributed by atoms with Crippen molar-refractivity contribution in [1.82, 2.24) is 10.6 Å². The Balaban J connectivity index is 1.73. The first-order valence-corrected chi connectivity index (χ1v) is 12.0. The van der Waals surface area contributed by atoms with Gasteiger partial charge in [-0.25, -0.2) is 4.79 Å². The molecule has 34 heavy (non-hydrogen) atoms. The third kappa shape index (κ3) is 7.34. The second-order valence-electron chi connectivity index (χ2n) is 6.92. The van der Waals surface area contributed by atoms with Crippen LogP contribution in [0.3, 0.4) is 0 Å². The normalized spacial score (nSPS) is 13.3. The molecule has 0 aromatic heterocycles. The summed E-state index contributed by atoms with van der Waals surface area (Å²) >= 11 is 34.7. The molecule has 2 amide bonds. The van der Waals surface area contributed by atoms with E-state index >= 15 is 0 Å². The van der Waals surface area contributed by atoms with Gasteiger partial charge in [-0.3, -0.25) is 9.79 Å². The van der Waals surface area contributed by atoms with Gasteiger partial charge in [0, 0.05) is 27.7 Å². The molecule has 0 fully saturated rings. The van der Waals surface area contributed by atoms with E-state index in [0.717, 1.165) is 5.56 Å². The van der Waals surface area contributed by atoms with Crippen molar-refractivity contribution in [2.45, 2.75) is 3.79 Å². The van der Waals surface area contributed by atoms with Gasteiger partial charge in [0.25, 0.3) is 0 Å². The van der Waals surface area contributed by atoms with Crippen molar-refractivity contribution in [3.63, 3.8) is 0 Å². The number of benzodiazepines with no additional fused rings is 1. The molecule has 13 heteroatoms. The highest BCUT2D eigenvalue weighted by Gasteiger charge is 2.25. The highest BCUT2D eigenvalue weighted by Crippen LogP contribution is 2.31. The monoisotopic (exact) mass is 580 g/mol. The van der Waals surface area contributed by atoms with Crippen molar-refractivity contribution >= 4 is 98.7 Å². The van der Waals surface area contributed by atoms with Crippen LogP contribution in [-0.4, -0.2) is 52.9 Å². The van der Waals surface area contributed by atoms with Crippen molar-refractivity contribution in [3.05, 3.63) is 63.6 Å². The zero-order chi connectivity index (χ0) is 24.9. The van der Waals surface area contributed by atoms with E-state index in [2.05, 4.69) is 10.6 Å². The Kier molecular flexibility index (Phi) is 9.26. The van der Waals surface area contributed by atoms with Crippen LogP contribution in [0, 0.1) is 0 Å². The molecule has 1 heterocycles. The lowest BCUT2D eigenvalue weighted by Crippen LogP contribution is -2.47. The predicted octanol–water partition coefficient (Wildman–Crippen LogP) is 5.15. The standard InChI is InChI=1S/C21H17Cl5N4O3S/c22-12-5-6-16-14(9-12)18(13-3-1-2-4-15(13)23)27-7-8-30(16)19(34)29-17(31)10-28-20(32)33-11-21(24,25)26/h1-6,9H,7-8,10-11H2,(H,28,32)(H,29,31,34). The number of fused-ring (bicyclic) bond motifs is 1. The molecule has 0 saturated carbocycles. The van der Waals surface area contributed by atoms with E-state index in [9.17, 15) is 9.59 Å². The number of nitrogens with zero attached hydrogens (tertiary/aromatic N) is 2. The van der Waals surface area contributed by atoms with Gasteiger partial charge in [-0.2, -0.15) is 0 Å². The van der Waals surface area contributed by atoms with Gasteiger partial charge in [0.2, 0.25) is 9.70 Å². The number of rotatable bonds is 4. The molecule has 0 unspecified atom stereocenters. The average molecular weight is 583 g/mol. The molecular weight excluding hydrogens is 566 g/mol. The Labute approximate surface area is 226 Å². The number of halogens is 5. The first-order valence-electron chi connectivity index (χ1n) is 9.73. The summed E-state index contributed by atoms with van der Waals surface area (Å²) in [7, 11) is 0. The lowest BCUT2D eigenvalue weighted by molar-refractivity contribution is -0.118. The number of benzene rings is 2.